The van der Waals surface area contributed by atoms with Crippen LogP contribution in [0, 0.1) is 0 Å². The molecule has 14 aromatic rings. The minimum absolute atomic E-state index is 0.666. The smallest absolute Gasteiger partial charge is 0.162 e. The topological polar surface area (TPSA) is 45.5 Å². The molecule has 9 aromatic carbocycles. The van der Waals surface area contributed by atoms with Crippen LogP contribution in [0.5, 0.6) is 0 Å². The van der Waals surface area contributed by atoms with Crippen molar-refractivity contribution in [3.8, 4) is 45.4 Å². The average Bonchev–Trinajstić information content (AvgIpc) is 4.15. The normalized spacial score (nSPS) is 11.9. The molecule has 6 heteroatoms. The van der Waals surface area contributed by atoms with Crippen molar-refractivity contribution >= 4 is 76.5 Å². The number of nitrogens with zero attached hydrogens (tertiary/aromatic N) is 6. The number of rotatable bonds is 6. The first kappa shape index (κ1) is 36.5. The highest BCUT2D eigenvalue weighted by Crippen LogP contribution is 2.38. The molecule has 66 heavy (non-hydrogen) atoms. The van der Waals surface area contributed by atoms with Crippen LogP contribution in [0.25, 0.3) is 122 Å². The second-order valence-electron chi connectivity index (χ2n) is 17.0. The van der Waals surface area contributed by atoms with E-state index in [1.54, 1.807) is 0 Å². The second kappa shape index (κ2) is 14.3. The predicted molar refractivity (Wildman–Crippen MR) is 273 cm³/mol. The van der Waals surface area contributed by atoms with Gasteiger partial charge in [-0.1, -0.05) is 121 Å². The van der Waals surface area contributed by atoms with Gasteiger partial charge in [0.05, 0.1) is 38.8 Å². The Kier molecular flexibility index (Phi) is 7.88. The summed E-state index contributed by atoms with van der Waals surface area (Å²) in [6.45, 7) is 0. The van der Waals surface area contributed by atoms with Crippen molar-refractivity contribution in [1.29, 1.82) is 0 Å². The van der Waals surface area contributed by atoms with E-state index >= 15 is 0 Å². The number of benzene rings is 9. The molecular weight excluding hydrogens is 805 g/mol. The second-order valence-corrected chi connectivity index (χ2v) is 17.0. The molecule has 0 amide bonds. The van der Waals surface area contributed by atoms with Crippen LogP contribution in [-0.4, -0.2) is 28.2 Å². The van der Waals surface area contributed by atoms with Crippen LogP contribution >= 0.6 is 0 Å². The van der Waals surface area contributed by atoms with Crippen LogP contribution in [0.1, 0.15) is 0 Å². The van der Waals surface area contributed by atoms with Gasteiger partial charge < -0.3 is 18.3 Å². The third-order valence-corrected chi connectivity index (χ3v) is 13.5. The van der Waals surface area contributed by atoms with Gasteiger partial charge in [-0.25, -0.2) is 9.97 Å². The van der Waals surface area contributed by atoms with Crippen molar-refractivity contribution < 1.29 is 0 Å². The maximum Gasteiger partial charge on any atom is 0.162 e. The van der Waals surface area contributed by atoms with Crippen molar-refractivity contribution in [2.45, 2.75) is 0 Å². The van der Waals surface area contributed by atoms with Crippen LogP contribution in [-0.2, 0) is 0 Å². The van der Waals surface area contributed by atoms with Gasteiger partial charge in [0.2, 0.25) is 0 Å². The SMILES string of the molecule is c1ccc2c(c1)c1ccccc1n2-c1ccc(-c2nc(-c3ccc(-n4c5ccccc5c5ccccc54)cc3)c3ccn(-c4ccc(-n5c6ccccc6c6ccccc65)cc4)c3n2)cc1. The number of aromatic nitrogens is 6. The molecule has 0 saturated heterocycles. The average molecular weight is 843 g/mol. The van der Waals surface area contributed by atoms with Gasteiger partial charge in [0.15, 0.2) is 5.82 Å². The van der Waals surface area contributed by atoms with E-state index in [-0.39, 0.29) is 0 Å². The van der Waals surface area contributed by atoms with Crippen LogP contribution < -0.4 is 0 Å². The molecule has 0 spiro atoms. The zero-order valence-electron chi connectivity index (χ0n) is 35.6. The third kappa shape index (κ3) is 5.42. The van der Waals surface area contributed by atoms with Crippen molar-refractivity contribution in [2.24, 2.45) is 0 Å². The fraction of sp³-hybridized carbons (Fsp3) is 0. The van der Waals surface area contributed by atoms with Gasteiger partial charge in [0.1, 0.15) is 5.65 Å². The first-order valence-electron chi connectivity index (χ1n) is 22.4. The Morgan fingerprint density at radius 1 is 0.258 bits per heavy atom. The zero-order chi connectivity index (χ0) is 43.3. The summed E-state index contributed by atoms with van der Waals surface area (Å²) in [6, 6.07) is 80.3. The molecular formula is C60H38N6. The summed E-state index contributed by atoms with van der Waals surface area (Å²) in [5, 5.41) is 8.44. The number of hydrogen-bond donors (Lipinski definition) is 0. The molecule has 0 fully saturated rings. The molecule has 14 rings (SSSR count). The van der Waals surface area contributed by atoms with E-state index < -0.39 is 0 Å². The molecule has 0 aliphatic carbocycles. The van der Waals surface area contributed by atoms with Crippen LogP contribution in [0.3, 0.4) is 0 Å². The van der Waals surface area contributed by atoms with Crippen molar-refractivity contribution in [3.05, 3.63) is 231 Å². The van der Waals surface area contributed by atoms with E-state index in [0.717, 1.165) is 50.6 Å². The monoisotopic (exact) mass is 842 g/mol. The summed E-state index contributed by atoms with van der Waals surface area (Å²) in [5.41, 5.74) is 15.1. The lowest BCUT2D eigenvalue weighted by atomic mass is 10.1. The van der Waals surface area contributed by atoms with E-state index in [1.807, 2.05) is 0 Å². The first-order valence-corrected chi connectivity index (χ1v) is 22.4. The Bertz CT molecular complexity index is 4040. The molecule has 0 unspecified atom stereocenters. The summed E-state index contributed by atoms with van der Waals surface area (Å²) < 4.78 is 9.25. The van der Waals surface area contributed by atoms with Gasteiger partial charge in [-0.15, -0.1) is 0 Å². The summed E-state index contributed by atoms with van der Waals surface area (Å²) in [7, 11) is 0. The van der Waals surface area contributed by atoms with Crippen LogP contribution in [0.2, 0.25) is 0 Å². The maximum absolute atomic E-state index is 5.40. The molecule has 0 radical (unpaired) electrons. The Morgan fingerprint density at radius 3 is 0.955 bits per heavy atom. The minimum Gasteiger partial charge on any atom is -0.309 e. The fourth-order valence-corrected chi connectivity index (χ4v) is 10.5. The maximum atomic E-state index is 5.40. The van der Waals surface area contributed by atoms with E-state index in [2.05, 4.69) is 249 Å². The Morgan fingerprint density at radius 2 is 0.576 bits per heavy atom. The van der Waals surface area contributed by atoms with Gasteiger partial charge in [0, 0.05) is 77.8 Å². The largest absolute Gasteiger partial charge is 0.309 e. The van der Waals surface area contributed by atoms with Gasteiger partial charge >= 0.3 is 0 Å². The molecule has 6 nitrogen and oxygen atoms in total. The third-order valence-electron chi connectivity index (χ3n) is 13.5. The van der Waals surface area contributed by atoms with Crippen molar-refractivity contribution in [1.82, 2.24) is 28.2 Å². The van der Waals surface area contributed by atoms with E-state index in [9.17, 15) is 0 Å². The molecule has 0 N–H and O–H groups in total. The molecule has 0 aliphatic rings. The lowest BCUT2D eigenvalue weighted by molar-refractivity contribution is 1.07. The predicted octanol–water partition coefficient (Wildman–Crippen LogP) is 15.0. The molecule has 0 saturated carbocycles. The highest BCUT2D eigenvalue weighted by Gasteiger charge is 2.19. The summed E-state index contributed by atoms with van der Waals surface area (Å²) in [4.78, 5) is 10.8. The Hall–Kier alpha value is -9.00. The minimum atomic E-state index is 0.666. The zero-order valence-corrected chi connectivity index (χ0v) is 35.6. The highest BCUT2D eigenvalue weighted by atomic mass is 15.1. The lowest BCUT2D eigenvalue weighted by Crippen LogP contribution is -2.00. The van der Waals surface area contributed by atoms with Gasteiger partial charge in [-0.2, -0.15) is 0 Å². The quantitative estimate of drug-likeness (QED) is 0.167. The van der Waals surface area contributed by atoms with Crippen molar-refractivity contribution in [2.75, 3.05) is 0 Å². The van der Waals surface area contributed by atoms with Crippen LogP contribution in [0.15, 0.2) is 231 Å². The Balaban J connectivity index is 0.913. The Labute approximate surface area is 379 Å². The number of hydrogen-bond acceptors (Lipinski definition) is 2. The molecule has 308 valence electrons. The van der Waals surface area contributed by atoms with E-state index in [0.29, 0.717) is 5.82 Å². The van der Waals surface area contributed by atoms with Crippen LogP contribution in [0.4, 0.5) is 0 Å². The molecule has 0 aliphatic heterocycles. The molecule has 5 aromatic heterocycles. The summed E-state index contributed by atoms with van der Waals surface area (Å²) >= 11 is 0. The fourth-order valence-electron chi connectivity index (χ4n) is 10.5. The summed E-state index contributed by atoms with van der Waals surface area (Å²) in [5.74, 6) is 0.666. The van der Waals surface area contributed by atoms with Gasteiger partial charge in [0.25, 0.3) is 0 Å². The first-order chi connectivity index (χ1) is 32.7. The van der Waals surface area contributed by atoms with Gasteiger partial charge in [-0.3, -0.25) is 0 Å². The number of fused-ring (bicyclic) bond motifs is 10. The van der Waals surface area contributed by atoms with Crippen molar-refractivity contribution in [3.63, 3.8) is 0 Å². The number of para-hydroxylation sites is 6. The molecule has 5 heterocycles. The van der Waals surface area contributed by atoms with Gasteiger partial charge in [-0.05, 0) is 103 Å². The van der Waals surface area contributed by atoms with E-state index in [4.69, 9.17) is 9.97 Å². The molecule has 0 atom stereocenters. The highest BCUT2D eigenvalue weighted by molar-refractivity contribution is 6.11. The summed E-state index contributed by atoms with van der Waals surface area (Å²) in [6.07, 6.45) is 2.12. The van der Waals surface area contributed by atoms with E-state index in [1.165, 1.54) is 65.4 Å². The molecule has 0 bridgehead atoms. The lowest BCUT2D eigenvalue weighted by Gasteiger charge is -2.13. The standard InChI is InChI=1S/C60H38N6/c1-7-19-52-45(13-1)46-14-2-8-20-53(46)64(52)42-29-25-39(26-30-42)58-51-37-38-63(41-33-35-44(36-34-41)66-56-23-11-5-17-49(56)50-18-6-12-24-57(50)66)60(51)62-59(61-58)40-27-31-43(32-28-40)65-54-21-9-3-15-47(54)48-16-4-10-22-55(48)65/h1-38H.